The number of amidine groups is 1. The Balaban J connectivity index is 0.00000256. The first-order valence-electron chi connectivity index (χ1n) is 4.61. The van der Waals surface area contributed by atoms with Crippen molar-refractivity contribution in [3.8, 4) is 0 Å². The van der Waals surface area contributed by atoms with Crippen LogP contribution in [-0.2, 0) is 4.79 Å². The van der Waals surface area contributed by atoms with E-state index >= 15 is 0 Å². The monoisotopic (exact) mass is 261 g/mol. The summed E-state index contributed by atoms with van der Waals surface area (Å²) in [5, 5.41) is 18.4. The molecule has 0 aromatic heterocycles. The van der Waals surface area contributed by atoms with Crippen molar-refractivity contribution in [2.75, 3.05) is 11.9 Å². The molecule has 0 saturated heterocycles. The van der Waals surface area contributed by atoms with E-state index in [1.165, 1.54) is 12.1 Å². The molecular weight excluding hydrogens is 249 g/mol. The van der Waals surface area contributed by atoms with Crippen molar-refractivity contribution in [3.63, 3.8) is 0 Å². The molecule has 0 aliphatic carbocycles. The van der Waals surface area contributed by atoms with Gasteiger partial charge in [0, 0.05) is 12.2 Å². The minimum Gasteiger partial charge on any atom is -0.481 e. The van der Waals surface area contributed by atoms with Gasteiger partial charge in [0.05, 0.1) is 12.0 Å². The molecule has 1 rings (SSSR count). The van der Waals surface area contributed by atoms with E-state index in [9.17, 15) is 9.18 Å². The number of carboxylic acids is 1. The Kier molecular flexibility index (Phi) is 5.98. The highest BCUT2D eigenvalue weighted by Crippen LogP contribution is 2.18. The summed E-state index contributed by atoms with van der Waals surface area (Å²) in [6.45, 7) is 0.152. The van der Waals surface area contributed by atoms with Gasteiger partial charge in [-0.05, 0) is 12.1 Å². The van der Waals surface area contributed by atoms with Crippen LogP contribution in [0.5, 0.6) is 0 Å². The van der Waals surface area contributed by atoms with E-state index < -0.39 is 17.6 Å². The summed E-state index contributed by atoms with van der Waals surface area (Å²) in [7, 11) is 0. The average molecular weight is 262 g/mol. The molecule has 0 unspecified atom stereocenters. The normalized spacial score (nSPS) is 9.24. The van der Waals surface area contributed by atoms with Crippen LogP contribution in [0.3, 0.4) is 0 Å². The minimum atomic E-state index is -0.951. The van der Waals surface area contributed by atoms with Gasteiger partial charge >= 0.3 is 5.97 Å². The number of nitrogen functional groups attached to an aromatic ring is 1. The third-order valence-electron chi connectivity index (χ3n) is 1.94. The van der Waals surface area contributed by atoms with Crippen LogP contribution in [0.4, 0.5) is 10.1 Å². The van der Waals surface area contributed by atoms with Crippen LogP contribution in [0, 0.1) is 11.2 Å². The molecule has 1 aromatic rings. The predicted molar refractivity (Wildman–Crippen MR) is 65.4 cm³/mol. The van der Waals surface area contributed by atoms with Gasteiger partial charge in [-0.15, -0.1) is 12.4 Å². The quantitative estimate of drug-likeness (QED) is 0.476. The maximum Gasteiger partial charge on any atom is 0.305 e. The molecule has 7 heteroatoms. The van der Waals surface area contributed by atoms with Gasteiger partial charge in [0.2, 0.25) is 0 Å². The highest BCUT2D eigenvalue weighted by Gasteiger charge is 2.10. The first kappa shape index (κ1) is 15.2. The standard InChI is InChI=1S/C10H12FN3O2.ClH/c11-6-2-1-3-7(9(6)10(12)13)14-5-4-8(15)16;/h1-3,14H,4-5H2,(H3,12,13)(H,15,16);1H. The molecule has 17 heavy (non-hydrogen) atoms. The largest absolute Gasteiger partial charge is 0.481 e. The summed E-state index contributed by atoms with van der Waals surface area (Å²) in [5.74, 6) is -1.95. The molecule has 0 aliphatic heterocycles. The summed E-state index contributed by atoms with van der Waals surface area (Å²) < 4.78 is 13.3. The van der Waals surface area contributed by atoms with Gasteiger partial charge in [-0.3, -0.25) is 10.2 Å². The zero-order valence-corrected chi connectivity index (χ0v) is 9.68. The van der Waals surface area contributed by atoms with Gasteiger partial charge < -0.3 is 16.2 Å². The molecule has 5 nitrogen and oxygen atoms in total. The summed E-state index contributed by atoms with van der Waals surface area (Å²) >= 11 is 0. The van der Waals surface area contributed by atoms with Crippen LogP contribution < -0.4 is 11.1 Å². The lowest BCUT2D eigenvalue weighted by molar-refractivity contribution is -0.136. The number of hydrogen-bond donors (Lipinski definition) is 4. The predicted octanol–water partition coefficient (Wildman–Crippen LogP) is 1.42. The number of carboxylic acid groups (broad SMARTS) is 1. The van der Waals surface area contributed by atoms with E-state index in [0.29, 0.717) is 5.69 Å². The SMILES string of the molecule is Cl.N=C(N)c1c(F)cccc1NCCC(=O)O. The fourth-order valence-corrected chi connectivity index (χ4v) is 1.25. The molecule has 0 heterocycles. The second kappa shape index (κ2) is 6.70. The van der Waals surface area contributed by atoms with E-state index in [-0.39, 0.29) is 30.9 Å². The molecule has 5 N–H and O–H groups in total. The maximum absolute atomic E-state index is 13.3. The van der Waals surface area contributed by atoms with Gasteiger partial charge in [-0.2, -0.15) is 0 Å². The molecule has 0 atom stereocenters. The van der Waals surface area contributed by atoms with E-state index in [2.05, 4.69) is 5.32 Å². The van der Waals surface area contributed by atoms with Gasteiger partial charge in [-0.25, -0.2) is 4.39 Å². The molecular formula is C10H13ClFN3O2. The van der Waals surface area contributed by atoms with Crippen LogP contribution >= 0.6 is 12.4 Å². The lowest BCUT2D eigenvalue weighted by Gasteiger charge is -2.10. The Hall–Kier alpha value is -1.82. The summed E-state index contributed by atoms with van der Waals surface area (Å²) in [5.41, 5.74) is 5.53. The molecule has 0 spiro atoms. The van der Waals surface area contributed by atoms with Crippen LogP contribution in [0.15, 0.2) is 18.2 Å². The summed E-state index contributed by atoms with van der Waals surface area (Å²) in [4.78, 5) is 10.3. The van der Waals surface area contributed by atoms with Crippen molar-refractivity contribution >= 4 is 29.9 Å². The molecule has 94 valence electrons. The van der Waals surface area contributed by atoms with Crippen molar-refractivity contribution < 1.29 is 14.3 Å². The van der Waals surface area contributed by atoms with Crippen molar-refractivity contribution in [3.05, 3.63) is 29.6 Å². The molecule has 1 aromatic carbocycles. The average Bonchev–Trinajstić information content (AvgIpc) is 2.16. The Morgan fingerprint density at radius 1 is 1.53 bits per heavy atom. The van der Waals surface area contributed by atoms with Gasteiger partial charge in [0.25, 0.3) is 0 Å². The van der Waals surface area contributed by atoms with Crippen molar-refractivity contribution in [1.82, 2.24) is 0 Å². The minimum absolute atomic E-state index is 0. The van der Waals surface area contributed by atoms with E-state index in [0.717, 1.165) is 0 Å². The van der Waals surface area contributed by atoms with Crippen molar-refractivity contribution in [2.24, 2.45) is 5.73 Å². The second-order valence-corrected chi connectivity index (χ2v) is 3.15. The Morgan fingerprint density at radius 3 is 2.71 bits per heavy atom. The van der Waals surface area contributed by atoms with Gasteiger partial charge in [0.15, 0.2) is 0 Å². The second-order valence-electron chi connectivity index (χ2n) is 3.15. The summed E-state index contributed by atoms with van der Waals surface area (Å²) in [6, 6.07) is 4.20. The van der Waals surface area contributed by atoms with E-state index in [1.807, 2.05) is 0 Å². The van der Waals surface area contributed by atoms with E-state index in [1.54, 1.807) is 6.07 Å². The molecule has 0 amide bonds. The van der Waals surface area contributed by atoms with Gasteiger partial charge in [0.1, 0.15) is 11.7 Å². The smallest absolute Gasteiger partial charge is 0.305 e. The van der Waals surface area contributed by atoms with Gasteiger partial charge in [-0.1, -0.05) is 6.07 Å². The molecule has 0 saturated carbocycles. The van der Waals surface area contributed by atoms with E-state index in [4.69, 9.17) is 16.2 Å². The summed E-state index contributed by atoms with van der Waals surface area (Å²) in [6.07, 6.45) is -0.0894. The number of carbonyl (C=O) groups is 1. The van der Waals surface area contributed by atoms with Crippen molar-refractivity contribution in [2.45, 2.75) is 6.42 Å². The highest BCUT2D eigenvalue weighted by atomic mass is 35.5. The lowest BCUT2D eigenvalue weighted by Crippen LogP contribution is -2.17. The molecule has 0 fully saturated rings. The fourth-order valence-electron chi connectivity index (χ4n) is 1.25. The van der Waals surface area contributed by atoms with Crippen LogP contribution in [0.25, 0.3) is 0 Å². The number of hydrogen-bond acceptors (Lipinski definition) is 3. The van der Waals surface area contributed by atoms with Crippen LogP contribution in [0.2, 0.25) is 0 Å². The third-order valence-corrected chi connectivity index (χ3v) is 1.94. The van der Waals surface area contributed by atoms with Crippen LogP contribution in [0.1, 0.15) is 12.0 Å². The molecule has 0 bridgehead atoms. The number of halogens is 2. The zero-order valence-electron chi connectivity index (χ0n) is 8.87. The number of aliphatic carboxylic acids is 1. The topological polar surface area (TPSA) is 99.2 Å². The maximum atomic E-state index is 13.3. The number of benzene rings is 1. The van der Waals surface area contributed by atoms with Crippen molar-refractivity contribution in [1.29, 1.82) is 5.41 Å². The number of nitrogens with one attached hydrogen (secondary N) is 2. The highest BCUT2D eigenvalue weighted by molar-refractivity contribution is 6.00. The third kappa shape index (κ3) is 4.28. The molecule has 0 radical (unpaired) electrons. The lowest BCUT2D eigenvalue weighted by atomic mass is 10.1. The number of nitrogens with two attached hydrogens (primary N) is 1. The first-order valence-corrected chi connectivity index (χ1v) is 4.61. The Labute approximate surface area is 104 Å². The number of anilines is 1. The number of rotatable bonds is 5. The fraction of sp³-hybridized carbons (Fsp3) is 0.200. The van der Waals surface area contributed by atoms with Crippen LogP contribution in [-0.4, -0.2) is 23.5 Å². The molecule has 0 aliphatic rings. The Morgan fingerprint density at radius 2 is 2.18 bits per heavy atom. The first-order chi connectivity index (χ1) is 7.52. The zero-order chi connectivity index (χ0) is 12.1. The Bertz CT molecular complexity index is 426.